The van der Waals surface area contributed by atoms with Gasteiger partial charge in [-0.1, -0.05) is 12.1 Å². The Balaban J connectivity index is 2.14. The van der Waals surface area contributed by atoms with E-state index in [0.29, 0.717) is 12.4 Å². The van der Waals surface area contributed by atoms with Gasteiger partial charge in [0.1, 0.15) is 18.7 Å². The van der Waals surface area contributed by atoms with E-state index in [4.69, 9.17) is 9.84 Å². The second-order valence-corrected chi connectivity index (χ2v) is 3.38. The minimum absolute atomic E-state index is 0.101. The summed E-state index contributed by atoms with van der Waals surface area (Å²) in [5.41, 5.74) is 1.11. The highest BCUT2D eigenvalue weighted by atomic mass is 16.5. The minimum Gasteiger partial charge on any atom is -0.497 e. The molecule has 0 bridgehead atoms. The van der Waals surface area contributed by atoms with Crippen molar-refractivity contribution in [3.63, 3.8) is 0 Å². The Hall–Kier alpha value is -1.88. The van der Waals surface area contributed by atoms with Gasteiger partial charge in [-0.3, -0.25) is 0 Å². The molecule has 5 heteroatoms. The van der Waals surface area contributed by atoms with E-state index in [1.807, 2.05) is 28.8 Å². The van der Waals surface area contributed by atoms with E-state index in [2.05, 4.69) is 10.2 Å². The first kappa shape index (κ1) is 10.6. The number of nitrogens with zero attached hydrogens (tertiary/aromatic N) is 3. The third kappa shape index (κ3) is 2.20. The normalized spacial score (nSPS) is 10.4. The molecule has 0 spiro atoms. The van der Waals surface area contributed by atoms with E-state index in [-0.39, 0.29) is 6.61 Å². The lowest BCUT2D eigenvalue weighted by Gasteiger charge is -2.05. The van der Waals surface area contributed by atoms with Gasteiger partial charge in [0.05, 0.1) is 13.7 Å². The van der Waals surface area contributed by atoms with Gasteiger partial charge in [0, 0.05) is 0 Å². The molecule has 0 unspecified atom stereocenters. The molecule has 0 saturated carbocycles. The predicted molar refractivity (Wildman–Crippen MR) is 58.0 cm³/mol. The van der Waals surface area contributed by atoms with Gasteiger partial charge in [-0.15, -0.1) is 10.2 Å². The van der Waals surface area contributed by atoms with Gasteiger partial charge in [0.25, 0.3) is 0 Å². The first-order valence-corrected chi connectivity index (χ1v) is 4.94. The molecule has 5 nitrogen and oxygen atoms in total. The Bertz CT molecular complexity index is 451. The van der Waals surface area contributed by atoms with Crippen molar-refractivity contribution < 1.29 is 9.84 Å². The molecule has 0 aliphatic carbocycles. The summed E-state index contributed by atoms with van der Waals surface area (Å²) in [6.07, 6.45) is 1.61. The summed E-state index contributed by atoms with van der Waals surface area (Å²) >= 11 is 0. The highest BCUT2D eigenvalue weighted by Gasteiger charge is 2.03. The molecule has 2 aromatic rings. The van der Waals surface area contributed by atoms with E-state index < -0.39 is 0 Å². The standard InChI is InChI=1S/C11H13N3O2/c1-16-10-4-2-9(3-5-10)6-14-8-12-13-11(14)7-15/h2-5,8,15H,6-7H2,1H3. The van der Waals surface area contributed by atoms with Gasteiger partial charge >= 0.3 is 0 Å². The molecule has 0 atom stereocenters. The van der Waals surface area contributed by atoms with Crippen LogP contribution in [0.25, 0.3) is 0 Å². The molecule has 84 valence electrons. The highest BCUT2D eigenvalue weighted by molar-refractivity contribution is 5.27. The monoisotopic (exact) mass is 219 g/mol. The summed E-state index contributed by atoms with van der Waals surface area (Å²) in [4.78, 5) is 0. The lowest BCUT2D eigenvalue weighted by molar-refractivity contribution is 0.265. The van der Waals surface area contributed by atoms with Crippen LogP contribution in [0.15, 0.2) is 30.6 Å². The maximum Gasteiger partial charge on any atom is 0.158 e. The second-order valence-electron chi connectivity index (χ2n) is 3.38. The molecule has 0 radical (unpaired) electrons. The van der Waals surface area contributed by atoms with Crippen molar-refractivity contribution in [2.45, 2.75) is 13.2 Å². The lowest BCUT2D eigenvalue weighted by atomic mass is 10.2. The number of aliphatic hydroxyl groups is 1. The molecule has 1 heterocycles. The first-order chi connectivity index (χ1) is 7.83. The fraction of sp³-hybridized carbons (Fsp3) is 0.273. The van der Waals surface area contributed by atoms with Crippen LogP contribution in [-0.4, -0.2) is 27.0 Å². The van der Waals surface area contributed by atoms with Gasteiger partial charge in [0.2, 0.25) is 0 Å². The van der Waals surface area contributed by atoms with Gasteiger partial charge < -0.3 is 14.4 Å². The fourth-order valence-corrected chi connectivity index (χ4v) is 1.46. The average molecular weight is 219 g/mol. The number of methoxy groups -OCH3 is 1. The maximum absolute atomic E-state index is 9.02. The first-order valence-electron chi connectivity index (χ1n) is 4.94. The van der Waals surface area contributed by atoms with Crippen LogP contribution in [-0.2, 0) is 13.2 Å². The zero-order chi connectivity index (χ0) is 11.4. The molecule has 0 aliphatic heterocycles. The van der Waals surface area contributed by atoms with Crippen LogP contribution in [0.2, 0.25) is 0 Å². The predicted octanol–water partition coefficient (Wildman–Crippen LogP) is 0.827. The van der Waals surface area contributed by atoms with Crippen molar-refractivity contribution >= 4 is 0 Å². The molecule has 1 aromatic heterocycles. The van der Waals surface area contributed by atoms with Crippen LogP contribution in [0.3, 0.4) is 0 Å². The Morgan fingerprint density at radius 2 is 2.06 bits per heavy atom. The summed E-state index contributed by atoms with van der Waals surface area (Å²) < 4.78 is 6.89. The van der Waals surface area contributed by atoms with Crippen LogP contribution in [0.5, 0.6) is 5.75 Å². The molecular formula is C11H13N3O2. The SMILES string of the molecule is COc1ccc(Cn2cnnc2CO)cc1. The third-order valence-corrected chi connectivity index (χ3v) is 2.35. The average Bonchev–Trinajstić information content (AvgIpc) is 2.77. The molecule has 0 amide bonds. The van der Waals surface area contributed by atoms with Gasteiger partial charge in [-0.05, 0) is 17.7 Å². The van der Waals surface area contributed by atoms with Crippen molar-refractivity contribution in [1.82, 2.24) is 14.8 Å². The van der Waals surface area contributed by atoms with Crippen LogP contribution in [0, 0.1) is 0 Å². The summed E-state index contributed by atoms with van der Waals surface area (Å²) in [6, 6.07) is 7.75. The largest absolute Gasteiger partial charge is 0.497 e. The lowest BCUT2D eigenvalue weighted by Crippen LogP contribution is -2.04. The molecule has 0 aliphatic rings. The summed E-state index contributed by atoms with van der Waals surface area (Å²) in [7, 11) is 1.64. The Kier molecular flexibility index (Phi) is 3.16. The van der Waals surface area contributed by atoms with Gasteiger partial charge in [-0.2, -0.15) is 0 Å². The Morgan fingerprint density at radius 1 is 1.31 bits per heavy atom. The number of aliphatic hydroxyl groups excluding tert-OH is 1. The molecule has 1 N–H and O–H groups in total. The van der Waals surface area contributed by atoms with E-state index in [0.717, 1.165) is 11.3 Å². The number of rotatable bonds is 4. The van der Waals surface area contributed by atoms with Crippen molar-refractivity contribution in [2.24, 2.45) is 0 Å². The summed E-state index contributed by atoms with van der Waals surface area (Å²) in [6.45, 7) is 0.545. The number of benzene rings is 1. The van der Waals surface area contributed by atoms with Crippen molar-refractivity contribution in [2.75, 3.05) is 7.11 Å². The minimum atomic E-state index is -0.101. The molecule has 1 aromatic carbocycles. The summed E-state index contributed by atoms with van der Waals surface area (Å²) in [5.74, 6) is 1.39. The molecule has 0 saturated heterocycles. The fourth-order valence-electron chi connectivity index (χ4n) is 1.46. The van der Waals surface area contributed by atoms with Gasteiger partial charge in [0.15, 0.2) is 5.82 Å². The number of aromatic nitrogens is 3. The van der Waals surface area contributed by atoms with Crippen LogP contribution < -0.4 is 4.74 Å². The van der Waals surface area contributed by atoms with Crippen LogP contribution in [0.4, 0.5) is 0 Å². The van der Waals surface area contributed by atoms with Crippen molar-refractivity contribution in [3.8, 4) is 5.75 Å². The highest BCUT2D eigenvalue weighted by Crippen LogP contribution is 2.12. The number of hydrogen-bond acceptors (Lipinski definition) is 4. The Morgan fingerprint density at radius 3 is 2.69 bits per heavy atom. The van der Waals surface area contributed by atoms with E-state index in [9.17, 15) is 0 Å². The quantitative estimate of drug-likeness (QED) is 0.827. The van der Waals surface area contributed by atoms with Gasteiger partial charge in [-0.25, -0.2) is 0 Å². The smallest absolute Gasteiger partial charge is 0.158 e. The van der Waals surface area contributed by atoms with E-state index in [1.165, 1.54) is 0 Å². The Labute approximate surface area is 93.3 Å². The molecule has 16 heavy (non-hydrogen) atoms. The van der Waals surface area contributed by atoms with E-state index >= 15 is 0 Å². The topological polar surface area (TPSA) is 60.2 Å². The summed E-state index contributed by atoms with van der Waals surface area (Å²) in [5, 5.41) is 16.6. The maximum atomic E-state index is 9.02. The molecule has 2 rings (SSSR count). The second kappa shape index (κ2) is 4.76. The molecule has 0 fully saturated rings. The number of ether oxygens (including phenoxy) is 1. The van der Waals surface area contributed by atoms with Crippen molar-refractivity contribution in [1.29, 1.82) is 0 Å². The van der Waals surface area contributed by atoms with Crippen molar-refractivity contribution in [3.05, 3.63) is 42.0 Å². The zero-order valence-electron chi connectivity index (χ0n) is 9.00. The van der Waals surface area contributed by atoms with E-state index in [1.54, 1.807) is 13.4 Å². The zero-order valence-corrected chi connectivity index (χ0v) is 9.00. The molecular weight excluding hydrogens is 206 g/mol. The third-order valence-electron chi connectivity index (χ3n) is 2.35. The van der Waals surface area contributed by atoms with Crippen LogP contribution >= 0.6 is 0 Å². The van der Waals surface area contributed by atoms with Crippen LogP contribution in [0.1, 0.15) is 11.4 Å². The number of hydrogen-bond donors (Lipinski definition) is 1.